The number of cyclic esters (lactones) is 1. The Hall–Kier alpha value is -2.93. The highest BCUT2D eigenvalue weighted by Crippen LogP contribution is 2.32. The van der Waals surface area contributed by atoms with Crippen LogP contribution in [0.2, 0.25) is 0 Å². The van der Waals surface area contributed by atoms with Gasteiger partial charge >= 0.3 is 6.09 Å². The molecule has 2 atom stereocenters. The fourth-order valence-electron chi connectivity index (χ4n) is 3.49. The van der Waals surface area contributed by atoms with Gasteiger partial charge in [-0.3, -0.25) is 14.7 Å². The zero-order chi connectivity index (χ0) is 21.8. The zero-order valence-corrected chi connectivity index (χ0v) is 18.1. The fourth-order valence-corrected chi connectivity index (χ4v) is 3.49. The molecule has 7 heteroatoms. The van der Waals surface area contributed by atoms with Crippen LogP contribution in [-0.4, -0.2) is 49.4 Å². The van der Waals surface area contributed by atoms with E-state index in [1.807, 2.05) is 45.9 Å². The summed E-state index contributed by atoms with van der Waals surface area (Å²) in [6.07, 6.45) is 1.38. The van der Waals surface area contributed by atoms with Crippen LogP contribution in [0.3, 0.4) is 0 Å². The maximum atomic E-state index is 12.9. The van der Waals surface area contributed by atoms with Crippen molar-refractivity contribution in [1.29, 1.82) is 0 Å². The van der Waals surface area contributed by atoms with Crippen LogP contribution in [-0.2, 0) is 9.47 Å². The van der Waals surface area contributed by atoms with Crippen LogP contribution in [0.4, 0.5) is 10.5 Å². The molecule has 0 radical (unpaired) electrons. The highest BCUT2D eigenvalue weighted by Gasteiger charge is 2.36. The second kappa shape index (κ2) is 9.26. The summed E-state index contributed by atoms with van der Waals surface area (Å²) in [5, 5.41) is 2.93. The summed E-state index contributed by atoms with van der Waals surface area (Å²) >= 11 is 0. The minimum Gasteiger partial charge on any atom is -0.447 e. The van der Waals surface area contributed by atoms with E-state index in [9.17, 15) is 9.59 Å². The van der Waals surface area contributed by atoms with Crippen LogP contribution >= 0.6 is 0 Å². The third-order valence-electron chi connectivity index (χ3n) is 5.13. The average Bonchev–Trinajstić information content (AvgIpc) is 3.10. The lowest BCUT2D eigenvalue weighted by atomic mass is 10.0. The number of benzene rings is 1. The van der Waals surface area contributed by atoms with Gasteiger partial charge in [0.15, 0.2) is 0 Å². The van der Waals surface area contributed by atoms with Crippen molar-refractivity contribution >= 4 is 17.7 Å². The molecule has 7 nitrogen and oxygen atoms in total. The molecule has 0 saturated carbocycles. The molecule has 2 amide bonds. The molecule has 3 rings (SSSR count). The smallest absolute Gasteiger partial charge is 0.414 e. The fraction of sp³-hybridized carbons (Fsp3) is 0.435. The Morgan fingerprint density at radius 2 is 2.07 bits per heavy atom. The van der Waals surface area contributed by atoms with Crippen LogP contribution in [0.5, 0.6) is 0 Å². The number of ether oxygens (including phenoxy) is 2. The van der Waals surface area contributed by atoms with Gasteiger partial charge in [-0.25, -0.2) is 4.79 Å². The Kier molecular flexibility index (Phi) is 6.72. The van der Waals surface area contributed by atoms with Gasteiger partial charge in [-0.2, -0.15) is 0 Å². The average molecular weight is 412 g/mol. The summed E-state index contributed by atoms with van der Waals surface area (Å²) in [7, 11) is 1.59. The lowest BCUT2D eigenvalue weighted by Crippen LogP contribution is -2.38. The highest BCUT2D eigenvalue weighted by atomic mass is 16.6. The monoisotopic (exact) mass is 411 g/mol. The first-order valence-corrected chi connectivity index (χ1v) is 10.1. The van der Waals surface area contributed by atoms with Gasteiger partial charge in [0, 0.05) is 36.2 Å². The van der Waals surface area contributed by atoms with E-state index >= 15 is 0 Å². The van der Waals surface area contributed by atoms with Gasteiger partial charge in [-0.1, -0.05) is 19.9 Å². The first-order valence-electron chi connectivity index (χ1n) is 10.1. The van der Waals surface area contributed by atoms with Gasteiger partial charge in [0.25, 0.3) is 5.91 Å². The Bertz CT molecular complexity index is 911. The van der Waals surface area contributed by atoms with Crippen molar-refractivity contribution in [3.05, 3.63) is 47.7 Å². The molecular weight excluding hydrogens is 382 g/mol. The van der Waals surface area contributed by atoms with E-state index in [2.05, 4.69) is 10.3 Å². The third kappa shape index (κ3) is 4.79. The Morgan fingerprint density at radius 3 is 2.70 bits per heavy atom. The number of hydrogen-bond acceptors (Lipinski definition) is 5. The first-order chi connectivity index (χ1) is 14.3. The van der Waals surface area contributed by atoms with Crippen molar-refractivity contribution in [2.75, 3.05) is 25.2 Å². The predicted octanol–water partition coefficient (Wildman–Crippen LogP) is 3.80. The maximum absolute atomic E-state index is 12.9. The summed E-state index contributed by atoms with van der Waals surface area (Å²) in [4.78, 5) is 31.5. The molecule has 1 aliphatic rings. The van der Waals surface area contributed by atoms with Crippen molar-refractivity contribution in [3.8, 4) is 11.3 Å². The third-order valence-corrected chi connectivity index (χ3v) is 5.13. The number of nitrogens with one attached hydrogen (secondary N) is 1. The minimum atomic E-state index is -0.401. The molecule has 1 N–H and O–H groups in total. The number of aryl methyl sites for hydroxylation is 1. The molecule has 2 aromatic rings. The maximum Gasteiger partial charge on any atom is 0.414 e. The zero-order valence-electron chi connectivity index (χ0n) is 18.1. The summed E-state index contributed by atoms with van der Waals surface area (Å²) in [6.45, 7) is 8.68. The highest BCUT2D eigenvalue weighted by molar-refractivity contribution is 5.99. The molecule has 1 saturated heterocycles. The van der Waals surface area contributed by atoms with E-state index in [-0.39, 0.29) is 23.9 Å². The summed E-state index contributed by atoms with van der Waals surface area (Å²) in [6, 6.07) is 9.04. The van der Waals surface area contributed by atoms with E-state index in [1.54, 1.807) is 30.3 Å². The van der Waals surface area contributed by atoms with Gasteiger partial charge in [-0.05, 0) is 49.6 Å². The topological polar surface area (TPSA) is 80.8 Å². The number of aromatic nitrogens is 1. The van der Waals surface area contributed by atoms with Crippen LogP contribution < -0.4 is 10.2 Å². The number of amides is 2. The molecule has 0 aliphatic carbocycles. The molecule has 0 spiro atoms. The Balaban J connectivity index is 2.05. The molecule has 160 valence electrons. The van der Waals surface area contributed by atoms with Crippen molar-refractivity contribution in [1.82, 2.24) is 10.3 Å². The summed E-state index contributed by atoms with van der Waals surface area (Å²) in [5.74, 6) is -0.0277. The number of pyridine rings is 1. The SMILES string of the molecule is COCC(C)NC(=O)c1cc(-c2ccc(C)cn2)cc(N2C(=O)OC[C@H]2C(C)C)c1. The number of carbonyl (C=O) groups excluding carboxylic acids is 2. The number of carbonyl (C=O) groups is 2. The molecule has 2 heterocycles. The van der Waals surface area contributed by atoms with Crippen LogP contribution in [0.1, 0.15) is 36.7 Å². The number of methoxy groups -OCH3 is 1. The number of hydrogen-bond donors (Lipinski definition) is 1. The predicted molar refractivity (Wildman–Crippen MR) is 116 cm³/mol. The van der Waals surface area contributed by atoms with E-state index in [0.717, 1.165) is 16.8 Å². The summed E-state index contributed by atoms with van der Waals surface area (Å²) < 4.78 is 10.4. The van der Waals surface area contributed by atoms with Crippen LogP contribution in [0.15, 0.2) is 36.5 Å². The molecule has 30 heavy (non-hydrogen) atoms. The molecule has 1 aromatic heterocycles. The van der Waals surface area contributed by atoms with Gasteiger partial charge in [0.1, 0.15) is 6.61 Å². The Labute approximate surface area is 177 Å². The van der Waals surface area contributed by atoms with E-state index in [4.69, 9.17) is 9.47 Å². The second-order valence-corrected chi connectivity index (χ2v) is 8.08. The van der Waals surface area contributed by atoms with E-state index in [0.29, 0.717) is 24.5 Å². The van der Waals surface area contributed by atoms with E-state index in [1.165, 1.54) is 0 Å². The molecule has 0 bridgehead atoms. The van der Waals surface area contributed by atoms with Crippen molar-refractivity contribution in [2.45, 2.75) is 39.8 Å². The standard InChI is InChI=1S/C23H29N3O4/c1-14(2)21-13-30-23(28)26(21)19-9-17(20-7-6-15(3)11-24-20)8-18(10-19)22(27)25-16(4)12-29-5/h6-11,14,16,21H,12-13H2,1-5H3,(H,25,27)/t16?,21-/m0/s1. The van der Waals surface area contributed by atoms with Crippen molar-refractivity contribution in [3.63, 3.8) is 0 Å². The molecule has 1 aliphatic heterocycles. The molecule has 1 fully saturated rings. The van der Waals surface area contributed by atoms with Gasteiger partial charge in [-0.15, -0.1) is 0 Å². The van der Waals surface area contributed by atoms with Crippen LogP contribution in [0.25, 0.3) is 11.3 Å². The van der Waals surface area contributed by atoms with Crippen LogP contribution in [0, 0.1) is 12.8 Å². The lowest BCUT2D eigenvalue weighted by molar-refractivity contribution is 0.0905. The van der Waals surface area contributed by atoms with E-state index < -0.39 is 6.09 Å². The van der Waals surface area contributed by atoms with Gasteiger partial charge in [0.05, 0.1) is 18.3 Å². The molecule has 1 unspecified atom stereocenters. The molecular formula is C23H29N3O4. The largest absolute Gasteiger partial charge is 0.447 e. The van der Waals surface area contributed by atoms with Gasteiger partial charge < -0.3 is 14.8 Å². The van der Waals surface area contributed by atoms with Crippen molar-refractivity contribution in [2.24, 2.45) is 5.92 Å². The number of rotatable bonds is 7. The van der Waals surface area contributed by atoms with Gasteiger partial charge in [0.2, 0.25) is 0 Å². The number of anilines is 1. The quantitative estimate of drug-likeness (QED) is 0.749. The Morgan fingerprint density at radius 1 is 1.30 bits per heavy atom. The first kappa shape index (κ1) is 21.8. The second-order valence-electron chi connectivity index (χ2n) is 8.08. The molecule has 1 aromatic carbocycles. The normalized spacial score (nSPS) is 17.2. The summed E-state index contributed by atoms with van der Waals surface area (Å²) in [5.41, 5.74) is 3.62. The minimum absolute atomic E-state index is 0.0953. The van der Waals surface area contributed by atoms with Crippen molar-refractivity contribution < 1.29 is 19.1 Å². The lowest BCUT2D eigenvalue weighted by Gasteiger charge is -2.25. The number of nitrogens with zero attached hydrogens (tertiary/aromatic N) is 2.